The number of sulfone groups is 1. The van der Waals surface area contributed by atoms with E-state index in [1.165, 1.54) is 0 Å². The van der Waals surface area contributed by atoms with Gasteiger partial charge in [-0.15, -0.1) is 0 Å². The van der Waals surface area contributed by atoms with E-state index < -0.39 is 21.6 Å². The third-order valence-electron chi connectivity index (χ3n) is 4.66. The minimum atomic E-state index is -4.35. The monoisotopic (exact) mass is 380 g/mol. The van der Waals surface area contributed by atoms with Gasteiger partial charge in [0.2, 0.25) is 0 Å². The minimum absolute atomic E-state index is 0.260. The molecule has 0 spiro atoms. The standard InChI is InChI=1S/C20H19F3O2S/c1-26(24,25)17-12-9-15(10-13-17)19-7-3-6-18(19)14-4-2-5-16(11-8-14)20(21,22)23/h2,5,8-13H,3-4,6-7H2,1H3. The van der Waals surface area contributed by atoms with Gasteiger partial charge in [0, 0.05) is 6.26 Å². The summed E-state index contributed by atoms with van der Waals surface area (Å²) < 4.78 is 61.9. The highest BCUT2D eigenvalue weighted by Gasteiger charge is 2.32. The lowest BCUT2D eigenvalue weighted by Crippen LogP contribution is -2.09. The Kier molecular flexibility index (Phi) is 4.97. The number of rotatable bonds is 3. The fraction of sp³-hybridized carbons (Fsp3) is 0.300. The van der Waals surface area contributed by atoms with Crippen molar-refractivity contribution in [2.75, 3.05) is 6.26 Å². The lowest BCUT2D eigenvalue weighted by atomic mass is 9.95. The second-order valence-electron chi connectivity index (χ2n) is 6.53. The SMILES string of the molecule is CS(=O)(=O)c1ccc(C2=C(C3=CC=C(C(F)(F)F)C=CC3)CCC2)cc1. The van der Waals surface area contributed by atoms with Crippen LogP contribution in [0.4, 0.5) is 13.2 Å². The summed E-state index contributed by atoms with van der Waals surface area (Å²) in [5.74, 6) is 0. The smallest absolute Gasteiger partial charge is 0.224 e. The van der Waals surface area contributed by atoms with Crippen molar-refractivity contribution in [3.63, 3.8) is 0 Å². The van der Waals surface area contributed by atoms with Gasteiger partial charge in [0.15, 0.2) is 9.84 Å². The van der Waals surface area contributed by atoms with Crippen LogP contribution < -0.4 is 0 Å². The van der Waals surface area contributed by atoms with Crippen LogP contribution in [0.3, 0.4) is 0 Å². The van der Waals surface area contributed by atoms with E-state index in [2.05, 4.69) is 0 Å². The molecule has 1 aromatic carbocycles. The number of hydrogen-bond acceptors (Lipinski definition) is 2. The number of halogens is 3. The zero-order valence-corrected chi connectivity index (χ0v) is 15.1. The molecule has 2 aliphatic rings. The van der Waals surface area contributed by atoms with E-state index >= 15 is 0 Å². The van der Waals surface area contributed by atoms with Gasteiger partial charge in [-0.25, -0.2) is 8.42 Å². The highest BCUT2D eigenvalue weighted by molar-refractivity contribution is 7.90. The van der Waals surface area contributed by atoms with Crippen molar-refractivity contribution < 1.29 is 21.6 Å². The van der Waals surface area contributed by atoms with Crippen molar-refractivity contribution in [3.8, 4) is 0 Å². The Morgan fingerprint density at radius 3 is 2.23 bits per heavy atom. The van der Waals surface area contributed by atoms with Crippen molar-refractivity contribution in [1.82, 2.24) is 0 Å². The van der Waals surface area contributed by atoms with Crippen molar-refractivity contribution >= 4 is 15.4 Å². The molecule has 0 N–H and O–H groups in total. The van der Waals surface area contributed by atoms with E-state index in [0.717, 1.165) is 60.0 Å². The van der Waals surface area contributed by atoms with E-state index in [9.17, 15) is 21.6 Å². The lowest BCUT2D eigenvalue weighted by Gasteiger charge is -2.11. The molecule has 0 unspecified atom stereocenters. The van der Waals surface area contributed by atoms with Crippen molar-refractivity contribution in [2.24, 2.45) is 0 Å². The minimum Gasteiger partial charge on any atom is -0.224 e. The first kappa shape index (κ1) is 18.7. The Morgan fingerprint density at radius 1 is 0.962 bits per heavy atom. The summed E-state index contributed by atoms with van der Waals surface area (Å²) in [5.41, 5.74) is 3.33. The average molecular weight is 380 g/mol. The van der Waals surface area contributed by atoms with E-state index in [1.54, 1.807) is 36.4 Å². The molecule has 0 saturated heterocycles. The normalized spacial score (nSPS) is 18.6. The van der Waals surface area contributed by atoms with Gasteiger partial charge in [0.25, 0.3) is 0 Å². The molecule has 138 valence electrons. The molecule has 0 radical (unpaired) electrons. The summed E-state index contributed by atoms with van der Waals surface area (Å²) in [4.78, 5) is 0.260. The molecule has 0 aromatic heterocycles. The average Bonchev–Trinajstić information content (AvgIpc) is 2.90. The number of alkyl halides is 3. The number of hydrogen-bond donors (Lipinski definition) is 0. The van der Waals surface area contributed by atoms with Gasteiger partial charge in [-0.05, 0) is 66.2 Å². The largest absolute Gasteiger partial charge is 0.416 e. The first-order chi connectivity index (χ1) is 12.2. The Morgan fingerprint density at radius 2 is 1.62 bits per heavy atom. The maximum absolute atomic E-state index is 12.9. The molecule has 0 bridgehead atoms. The van der Waals surface area contributed by atoms with Crippen LogP contribution >= 0.6 is 0 Å². The molecule has 2 aliphatic carbocycles. The Labute approximate surface area is 151 Å². The van der Waals surface area contributed by atoms with E-state index in [-0.39, 0.29) is 4.90 Å². The predicted octanol–water partition coefficient (Wildman–Crippen LogP) is 5.40. The molecule has 26 heavy (non-hydrogen) atoms. The van der Waals surface area contributed by atoms with Crippen LogP contribution in [0, 0.1) is 0 Å². The second kappa shape index (κ2) is 6.91. The van der Waals surface area contributed by atoms with Crippen molar-refractivity contribution in [2.45, 2.75) is 36.8 Å². The van der Waals surface area contributed by atoms with Crippen LogP contribution in [0.25, 0.3) is 5.57 Å². The lowest BCUT2D eigenvalue weighted by molar-refractivity contribution is -0.0881. The maximum atomic E-state index is 12.9. The van der Waals surface area contributed by atoms with Gasteiger partial charge in [-0.2, -0.15) is 13.2 Å². The molecule has 1 aromatic rings. The third-order valence-corrected chi connectivity index (χ3v) is 5.79. The molecule has 0 saturated carbocycles. The van der Waals surface area contributed by atoms with E-state index in [0.29, 0.717) is 6.42 Å². The van der Waals surface area contributed by atoms with Gasteiger partial charge >= 0.3 is 6.18 Å². The van der Waals surface area contributed by atoms with Gasteiger partial charge in [0.1, 0.15) is 0 Å². The molecule has 3 rings (SSSR count). The zero-order chi connectivity index (χ0) is 18.9. The third kappa shape index (κ3) is 4.01. The summed E-state index contributed by atoms with van der Waals surface area (Å²) in [6.45, 7) is 0. The Bertz CT molecular complexity index is 928. The van der Waals surface area contributed by atoms with Gasteiger partial charge in [-0.3, -0.25) is 0 Å². The summed E-state index contributed by atoms with van der Waals surface area (Å²) in [5, 5.41) is 0. The van der Waals surface area contributed by atoms with Crippen LogP contribution in [0.1, 0.15) is 31.2 Å². The number of allylic oxidation sites excluding steroid dienone is 8. The molecule has 2 nitrogen and oxygen atoms in total. The maximum Gasteiger partial charge on any atom is 0.416 e. The summed E-state index contributed by atoms with van der Waals surface area (Å²) in [6, 6.07) is 6.72. The highest BCUT2D eigenvalue weighted by Crippen LogP contribution is 2.40. The molecule has 0 heterocycles. The van der Waals surface area contributed by atoms with Crippen molar-refractivity contribution in [1.29, 1.82) is 0 Å². The number of benzene rings is 1. The van der Waals surface area contributed by atoms with E-state index in [4.69, 9.17) is 0 Å². The first-order valence-corrected chi connectivity index (χ1v) is 10.2. The highest BCUT2D eigenvalue weighted by atomic mass is 32.2. The molecule has 0 atom stereocenters. The predicted molar refractivity (Wildman–Crippen MR) is 96.3 cm³/mol. The van der Waals surface area contributed by atoms with Crippen LogP contribution in [0.15, 0.2) is 70.2 Å². The second-order valence-corrected chi connectivity index (χ2v) is 8.54. The quantitative estimate of drug-likeness (QED) is 0.703. The summed E-state index contributed by atoms with van der Waals surface area (Å²) >= 11 is 0. The Hall–Kier alpha value is -2.08. The fourth-order valence-electron chi connectivity index (χ4n) is 3.36. The topological polar surface area (TPSA) is 34.1 Å². The Balaban J connectivity index is 1.97. The van der Waals surface area contributed by atoms with Crippen LogP contribution in [0.5, 0.6) is 0 Å². The molecular weight excluding hydrogens is 361 g/mol. The molecule has 0 amide bonds. The first-order valence-electron chi connectivity index (χ1n) is 8.34. The van der Waals surface area contributed by atoms with Crippen LogP contribution in [-0.4, -0.2) is 20.8 Å². The molecule has 0 aliphatic heterocycles. The van der Waals surface area contributed by atoms with Crippen molar-refractivity contribution in [3.05, 3.63) is 70.9 Å². The van der Waals surface area contributed by atoms with E-state index in [1.807, 2.05) is 0 Å². The molecule has 0 fully saturated rings. The summed E-state index contributed by atoms with van der Waals surface area (Å²) in [7, 11) is -3.25. The molecular formula is C20H19F3O2S. The van der Waals surface area contributed by atoms with Crippen LogP contribution in [0.2, 0.25) is 0 Å². The van der Waals surface area contributed by atoms with Gasteiger partial charge in [-0.1, -0.05) is 30.4 Å². The van der Waals surface area contributed by atoms with Gasteiger partial charge in [0.05, 0.1) is 10.5 Å². The molecule has 6 heteroatoms. The zero-order valence-electron chi connectivity index (χ0n) is 14.3. The van der Waals surface area contributed by atoms with Crippen LogP contribution in [-0.2, 0) is 9.84 Å². The van der Waals surface area contributed by atoms with Gasteiger partial charge < -0.3 is 0 Å². The summed E-state index contributed by atoms with van der Waals surface area (Å²) in [6.07, 6.45) is 5.23. The fourth-order valence-corrected chi connectivity index (χ4v) is 3.99.